The summed E-state index contributed by atoms with van der Waals surface area (Å²) in [5.74, 6) is -0.0838. The molecule has 1 saturated heterocycles. The number of amides is 2. The highest BCUT2D eigenvalue weighted by Gasteiger charge is 2.27. The zero-order valence-corrected chi connectivity index (χ0v) is 20.4. The van der Waals surface area contributed by atoms with Gasteiger partial charge in [0.05, 0.1) is 24.0 Å². The van der Waals surface area contributed by atoms with Gasteiger partial charge in [0.1, 0.15) is 11.0 Å². The predicted molar refractivity (Wildman–Crippen MR) is 130 cm³/mol. The van der Waals surface area contributed by atoms with Gasteiger partial charge < -0.3 is 15.0 Å². The Labute approximate surface area is 199 Å². The molecule has 0 unspecified atom stereocenters. The molecule has 2 amide bonds. The highest BCUT2D eigenvalue weighted by atomic mass is 16.6. The van der Waals surface area contributed by atoms with E-state index in [9.17, 15) is 9.59 Å². The van der Waals surface area contributed by atoms with Crippen LogP contribution in [-0.2, 0) is 4.74 Å². The number of aryl methyl sites for hydroxylation is 1. The number of likely N-dealkylation sites (tertiary alicyclic amines) is 1. The molecule has 9 nitrogen and oxygen atoms in total. The molecular weight excluding hydrogens is 432 g/mol. The number of nitrogens with one attached hydrogen (secondary N) is 1. The molecule has 1 N–H and O–H groups in total. The van der Waals surface area contributed by atoms with Gasteiger partial charge in [0.15, 0.2) is 0 Å². The first kappa shape index (κ1) is 23.7. The van der Waals surface area contributed by atoms with Gasteiger partial charge >= 0.3 is 6.09 Å². The fraction of sp³-hybridized carbons (Fsp3) is 0.480. The molecule has 0 bridgehead atoms. The van der Waals surface area contributed by atoms with Crippen molar-refractivity contribution in [1.29, 1.82) is 0 Å². The van der Waals surface area contributed by atoms with Crippen molar-refractivity contribution in [1.82, 2.24) is 30.2 Å². The van der Waals surface area contributed by atoms with Crippen LogP contribution in [0.1, 0.15) is 62.5 Å². The first-order valence-electron chi connectivity index (χ1n) is 11.8. The Balaban J connectivity index is 1.50. The van der Waals surface area contributed by atoms with Crippen molar-refractivity contribution in [2.24, 2.45) is 0 Å². The summed E-state index contributed by atoms with van der Waals surface area (Å²) in [6.07, 6.45) is 3.00. The van der Waals surface area contributed by atoms with Gasteiger partial charge in [0, 0.05) is 30.3 Å². The van der Waals surface area contributed by atoms with Gasteiger partial charge in [-0.05, 0) is 71.2 Å². The molecule has 1 aliphatic rings. The van der Waals surface area contributed by atoms with Crippen LogP contribution in [0.25, 0.3) is 22.3 Å². The van der Waals surface area contributed by atoms with E-state index in [-0.39, 0.29) is 30.2 Å². The number of nitrogens with zero attached hydrogens (tertiary/aromatic N) is 5. The number of carbonyl (C=O) groups excluding carboxylic acids is 2. The Hall–Kier alpha value is -3.49. The summed E-state index contributed by atoms with van der Waals surface area (Å²) in [4.78, 5) is 30.9. The maximum atomic E-state index is 12.3. The molecule has 0 saturated carbocycles. The Morgan fingerprint density at radius 2 is 1.85 bits per heavy atom. The van der Waals surface area contributed by atoms with Crippen molar-refractivity contribution in [3.63, 3.8) is 0 Å². The summed E-state index contributed by atoms with van der Waals surface area (Å²) < 4.78 is 7.23. The highest BCUT2D eigenvalue weighted by molar-refractivity contribution is 5.95. The second kappa shape index (κ2) is 9.79. The summed E-state index contributed by atoms with van der Waals surface area (Å²) in [5, 5.41) is 11.7. The number of piperidine rings is 1. The first-order chi connectivity index (χ1) is 16.2. The lowest BCUT2D eigenvalue weighted by molar-refractivity contribution is 0.0654. The third-order valence-corrected chi connectivity index (χ3v) is 5.95. The van der Waals surface area contributed by atoms with Gasteiger partial charge in [0.25, 0.3) is 5.91 Å². The first-order valence-corrected chi connectivity index (χ1v) is 11.8. The van der Waals surface area contributed by atoms with Crippen LogP contribution < -0.4 is 5.32 Å². The number of carbonyl (C=O) groups is 2. The molecule has 180 valence electrons. The fourth-order valence-electron chi connectivity index (χ4n) is 4.26. The zero-order chi connectivity index (χ0) is 24.4. The molecule has 3 aromatic rings. The van der Waals surface area contributed by atoms with E-state index in [1.807, 2.05) is 69.8 Å². The van der Waals surface area contributed by atoms with E-state index in [1.54, 1.807) is 4.90 Å². The quantitative estimate of drug-likeness (QED) is 0.609. The Morgan fingerprint density at radius 1 is 1.12 bits per heavy atom. The molecular formula is C25H32N6O3. The fourth-order valence-corrected chi connectivity index (χ4v) is 4.26. The number of ether oxygens (including phenoxy) is 1. The lowest BCUT2D eigenvalue weighted by Crippen LogP contribution is -2.40. The maximum absolute atomic E-state index is 12.3. The second-order valence-electron chi connectivity index (χ2n) is 9.40. The van der Waals surface area contributed by atoms with E-state index in [4.69, 9.17) is 4.74 Å². The maximum Gasteiger partial charge on any atom is 0.410 e. The van der Waals surface area contributed by atoms with E-state index in [2.05, 4.69) is 20.6 Å². The summed E-state index contributed by atoms with van der Waals surface area (Å²) >= 11 is 0. The van der Waals surface area contributed by atoms with E-state index in [0.717, 1.165) is 40.7 Å². The normalized spacial score (nSPS) is 14.7. The lowest BCUT2D eigenvalue weighted by atomic mass is 10.0. The molecule has 0 atom stereocenters. The number of rotatable bonds is 5. The smallest absolute Gasteiger partial charge is 0.410 e. The van der Waals surface area contributed by atoms with E-state index >= 15 is 0 Å². The summed E-state index contributed by atoms with van der Waals surface area (Å²) in [6, 6.07) is 7.80. The monoisotopic (exact) mass is 464 g/mol. The van der Waals surface area contributed by atoms with Gasteiger partial charge in [0.2, 0.25) is 0 Å². The Bertz CT molecular complexity index is 1190. The molecule has 9 heteroatoms. The highest BCUT2D eigenvalue weighted by Crippen LogP contribution is 2.28. The van der Waals surface area contributed by atoms with Crippen molar-refractivity contribution in [2.75, 3.05) is 13.1 Å². The third-order valence-electron chi connectivity index (χ3n) is 5.95. The van der Waals surface area contributed by atoms with E-state index < -0.39 is 0 Å². The van der Waals surface area contributed by atoms with Gasteiger partial charge in [-0.2, -0.15) is 0 Å². The summed E-state index contributed by atoms with van der Waals surface area (Å²) in [6.45, 7) is 10.8. The van der Waals surface area contributed by atoms with Gasteiger partial charge in [-0.3, -0.25) is 9.78 Å². The molecule has 1 aliphatic heterocycles. The molecule has 2 aromatic heterocycles. The van der Waals surface area contributed by atoms with Crippen LogP contribution in [0.2, 0.25) is 0 Å². The molecule has 34 heavy (non-hydrogen) atoms. The Morgan fingerprint density at radius 3 is 2.50 bits per heavy atom. The van der Waals surface area contributed by atoms with Crippen LogP contribution in [0.5, 0.6) is 0 Å². The van der Waals surface area contributed by atoms with Crippen LogP contribution >= 0.6 is 0 Å². The topological polar surface area (TPSA) is 102 Å². The summed E-state index contributed by atoms with van der Waals surface area (Å²) in [7, 11) is 0. The predicted octanol–water partition coefficient (Wildman–Crippen LogP) is 4.12. The second-order valence-corrected chi connectivity index (χ2v) is 9.40. The molecule has 0 radical (unpaired) electrons. The molecule has 3 heterocycles. The number of aromatic nitrogens is 4. The van der Waals surface area contributed by atoms with Crippen LogP contribution in [0, 0.1) is 6.92 Å². The summed E-state index contributed by atoms with van der Waals surface area (Å²) in [5.41, 5.74) is 4.99. The Kier molecular flexibility index (Phi) is 6.81. The SMILES string of the molecule is Cc1cc(C(=O)NC(C)C)ccc1-c1cc2nnn(C3CCN(C(=O)OC(C)C)CC3)c2cn1. The van der Waals surface area contributed by atoms with Crippen LogP contribution in [0.4, 0.5) is 4.79 Å². The van der Waals surface area contributed by atoms with Crippen LogP contribution in [0.15, 0.2) is 30.5 Å². The van der Waals surface area contributed by atoms with Crippen molar-refractivity contribution < 1.29 is 14.3 Å². The van der Waals surface area contributed by atoms with Crippen LogP contribution in [-0.4, -0.2) is 62.1 Å². The minimum Gasteiger partial charge on any atom is -0.447 e. The minimum absolute atomic E-state index is 0.0836. The van der Waals surface area contributed by atoms with Crippen molar-refractivity contribution in [3.05, 3.63) is 41.6 Å². The zero-order valence-electron chi connectivity index (χ0n) is 20.4. The van der Waals surface area contributed by atoms with Crippen molar-refractivity contribution in [2.45, 2.75) is 65.6 Å². The third kappa shape index (κ3) is 5.03. The van der Waals surface area contributed by atoms with Crippen molar-refractivity contribution in [3.8, 4) is 11.3 Å². The van der Waals surface area contributed by atoms with Crippen molar-refractivity contribution >= 4 is 23.0 Å². The number of hydrogen-bond donors (Lipinski definition) is 1. The van der Waals surface area contributed by atoms with E-state index in [0.29, 0.717) is 18.7 Å². The standard InChI is InChI=1S/C25H32N6O3/c1-15(2)27-24(32)18-6-7-20(17(5)12-18)21-13-22-23(14-26-21)31(29-28-22)19-8-10-30(11-9-19)25(33)34-16(3)4/h6-7,12-16,19H,8-11H2,1-5H3,(H,27,32). The molecule has 4 rings (SSSR count). The number of pyridine rings is 1. The molecule has 1 aromatic carbocycles. The molecule has 0 aliphatic carbocycles. The average Bonchev–Trinajstić information content (AvgIpc) is 3.21. The number of benzene rings is 1. The van der Waals surface area contributed by atoms with Gasteiger partial charge in [-0.25, -0.2) is 9.48 Å². The number of fused-ring (bicyclic) bond motifs is 1. The largest absolute Gasteiger partial charge is 0.447 e. The van der Waals surface area contributed by atoms with Crippen LogP contribution in [0.3, 0.4) is 0 Å². The van der Waals surface area contributed by atoms with Gasteiger partial charge in [-0.1, -0.05) is 11.3 Å². The van der Waals surface area contributed by atoms with E-state index in [1.165, 1.54) is 0 Å². The van der Waals surface area contributed by atoms with Gasteiger partial charge in [-0.15, -0.1) is 5.10 Å². The number of hydrogen-bond acceptors (Lipinski definition) is 6. The lowest BCUT2D eigenvalue weighted by Gasteiger charge is -2.31. The average molecular weight is 465 g/mol. The molecule has 0 spiro atoms. The minimum atomic E-state index is -0.258. The molecule has 1 fully saturated rings.